The van der Waals surface area contributed by atoms with Crippen molar-refractivity contribution in [3.8, 4) is 5.88 Å². The summed E-state index contributed by atoms with van der Waals surface area (Å²) >= 11 is 0. The number of aromatic nitrogens is 2. The van der Waals surface area contributed by atoms with Gasteiger partial charge in [0.25, 0.3) is 0 Å². The topological polar surface area (TPSA) is 61.3 Å². The van der Waals surface area contributed by atoms with Gasteiger partial charge < -0.3 is 9.47 Å². The number of esters is 1. The number of hydrogen-bond acceptors (Lipinski definition) is 5. The molecule has 0 aliphatic heterocycles. The van der Waals surface area contributed by atoms with Crippen LogP contribution in [0.2, 0.25) is 0 Å². The van der Waals surface area contributed by atoms with Gasteiger partial charge >= 0.3 is 5.97 Å². The van der Waals surface area contributed by atoms with Crippen LogP contribution >= 0.6 is 0 Å². The predicted molar refractivity (Wildman–Crippen MR) is 66.1 cm³/mol. The first-order valence-electron chi connectivity index (χ1n) is 6.02. The highest BCUT2D eigenvalue weighted by Crippen LogP contribution is 2.36. The highest BCUT2D eigenvalue weighted by Gasteiger charge is 2.28. The summed E-state index contributed by atoms with van der Waals surface area (Å²) in [4.78, 5) is 20.1. The van der Waals surface area contributed by atoms with Gasteiger partial charge in [-0.2, -0.15) is 0 Å². The lowest BCUT2D eigenvalue weighted by atomic mass is 10.1. The van der Waals surface area contributed by atoms with Gasteiger partial charge in [-0.25, -0.2) is 14.8 Å². The van der Waals surface area contributed by atoms with Gasteiger partial charge in [-0.1, -0.05) is 0 Å². The monoisotopic (exact) mass is 248 g/mol. The second kappa shape index (κ2) is 5.16. The third-order valence-corrected chi connectivity index (χ3v) is 2.87. The Labute approximate surface area is 106 Å². The molecular weight excluding hydrogens is 232 g/mol. The van der Waals surface area contributed by atoms with E-state index in [2.05, 4.69) is 9.97 Å². The molecule has 0 unspecified atom stereocenters. The summed E-state index contributed by atoms with van der Waals surface area (Å²) in [6.45, 7) is 6.47. The number of rotatable bonds is 4. The van der Waals surface area contributed by atoms with Crippen molar-refractivity contribution in [2.24, 2.45) is 0 Å². The van der Waals surface area contributed by atoms with E-state index in [9.17, 15) is 4.79 Å². The van der Waals surface area contributed by atoms with E-state index in [1.165, 1.54) is 6.33 Å². The molecule has 0 fully saturated rings. The van der Waals surface area contributed by atoms with Gasteiger partial charge in [0.1, 0.15) is 6.33 Å². The van der Waals surface area contributed by atoms with Gasteiger partial charge in [0.05, 0.1) is 24.5 Å². The highest BCUT2D eigenvalue weighted by atomic mass is 16.5. The Balaban J connectivity index is 2.39. The third kappa shape index (κ3) is 2.08. The van der Waals surface area contributed by atoms with Crippen LogP contribution in [0.3, 0.4) is 0 Å². The minimum absolute atomic E-state index is 0.282. The maximum atomic E-state index is 11.8. The number of carbonyl (C=O) groups excluding carboxylic acids is 1. The molecule has 2 rings (SSSR count). The van der Waals surface area contributed by atoms with Crippen LogP contribution in [0.4, 0.5) is 0 Å². The molecule has 0 aromatic carbocycles. The maximum absolute atomic E-state index is 11.8. The van der Waals surface area contributed by atoms with Crippen molar-refractivity contribution in [3.63, 3.8) is 0 Å². The van der Waals surface area contributed by atoms with E-state index in [0.29, 0.717) is 31.1 Å². The van der Waals surface area contributed by atoms with E-state index in [4.69, 9.17) is 9.47 Å². The summed E-state index contributed by atoms with van der Waals surface area (Å²) in [6, 6.07) is 0. The largest absolute Gasteiger partial charge is 0.477 e. The van der Waals surface area contributed by atoms with Gasteiger partial charge in [-0.05, 0) is 26.3 Å². The van der Waals surface area contributed by atoms with Gasteiger partial charge in [0, 0.05) is 12.0 Å². The standard InChI is InChI=1S/C13H16N2O3/c1-4-17-12-11-8(3)9(13(16)18-5-2)6-10(11)14-7-15-12/h7H,4-6H2,1-3H3. The summed E-state index contributed by atoms with van der Waals surface area (Å²) in [6.07, 6.45) is 1.95. The van der Waals surface area contributed by atoms with E-state index in [1.807, 2.05) is 13.8 Å². The van der Waals surface area contributed by atoms with Crippen LogP contribution in [0.15, 0.2) is 11.9 Å². The fourth-order valence-electron chi connectivity index (χ4n) is 2.05. The van der Waals surface area contributed by atoms with Crippen molar-refractivity contribution in [3.05, 3.63) is 23.2 Å². The van der Waals surface area contributed by atoms with Crippen molar-refractivity contribution < 1.29 is 14.3 Å². The smallest absolute Gasteiger partial charge is 0.334 e. The van der Waals surface area contributed by atoms with Crippen LogP contribution in [0.1, 0.15) is 32.0 Å². The zero-order valence-electron chi connectivity index (χ0n) is 10.8. The summed E-state index contributed by atoms with van der Waals surface area (Å²) in [5.41, 5.74) is 3.16. The first kappa shape index (κ1) is 12.5. The van der Waals surface area contributed by atoms with Crippen LogP contribution in [0.5, 0.6) is 5.88 Å². The molecule has 1 aromatic heterocycles. The molecule has 1 heterocycles. The number of carbonyl (C=O) groups is 1. The molecule has 0 bridgehead atoms. The number of fused-ring (bicyclic) bond motifs is 1. The Morgan fingerprint density at radius 3 is 2.78 bits per heavy atom. The minimum Gasteiger partial charge on any atom is -0.477 e. The van der Waals surface area contributed by atoms with Crippen molar-refractivity contribution in [2.45, 2.75) is 27.2 Å². The molecular formula is C13H16N2O3. The minimum atomic E-state index is -0.282. The van der Waals surface area contributed by atoms with Crippen LogP contribution < -0.4 is 4.74 Å². The summed E-state index contributed by atoms with van der Waals surface area (Å²) in [5.74, 6) is 0.259. The Morgan fingerprint density at radius 1 is 1.33 bits per heavy atom. The number of nitrogens with zero attached hydrogens (tertiary/aromatic N) is 2. The third-order valence-electron chi connectivity index (χ3n) is 2.87. The van der Waals surface area contributed by atoms with E-state index in [1.54, 1.807) is 6.92 Å². The summed E-state index contributed by atoms with van der Waals surface area (Å²) in [7, 11) is 0. The fraction of sp³-hybridized carbons (Fsp3) is 0.462. The molecule has 0 amide bonds. The zero-order valence-corrected chi connectivity index (χ0v) is 10.8. The first-order chi connectivity index (χ1) is 8.69. The molecule has 1 aliphatic rings. The van der Waals surface area contributed by atoms with E-state index < -0.39 is 0 Å². The molecule has 0 saturated carbocycles. The normalized spacial score (nSPS) is 13.5. The Kier molecular flexibility index (Phi) is 3.60. The molecule has 96 valence electrons. The molecule has 5 heteroatoms. The Bertz CT molecular complexity index is 509. The lowest BCUT2D eigenvalue weighted by Gasteiger charge is -2.07. The van der Waals surface area contributed by atoms with Crippen LogP contribution in [-0.2, 0) is 16.0 Å². The lowest BCUT2D eigenvalue weighted by Crippen LogP contribution is -2.08. The highest BCUT2D eigenvalue weighted by molar-refractivity contribution is 6.00. The second-order valence-electron chi connectivity index (χ2n) is 3.93. The molecule has 1 aromatic rings. The molecule has 18 heavy (non-hydrogen) atoms. The van der Waals surface area contributed by atoms with Crippen LogP contribution in [0, 0.1) is 0 Å². The molecule has 0 spiro atoms. The summed E-state index contributed by atoms with van der Waals surface area (Å²) in [5, 5.41) is 0. The SMILES string of the molecule is CCOC(=O)C1=C(C)c2c(ncnc2OCC)C1. The Morgan fingerprint density at radius 2 is 2.11 bits per heavy atom. The molecule has 0 N–H and O–H groups in total. The number of allylic oxidation sites excluding steroid dienone is 1. The van der Waals surface area contributed by atoms with E-state index in [0.717, 1.165) is 16.8 Å². The predicted octanol–water partition coefficient (Wildman–Crippen LogP) is 1.77. The van der Waals surface area contributed by atoms with Gasteiger partial charge in [0.2, 0.25) is 5.88 Å². The van der Waals surface area contributed by atoms with Crippen LogP contribution in [-0.4, -0.2) is 29.2 Å². The lowest BCUT2D eigenvalue weighted by molar-refractivity contribution is -0.138. The molecule has 0 saturated heterocycles. The van der Waals surface area contributed by atoms with Crippen molar-refractivity contribution in [2.75, 3.05) is 13.2 Å². The van der Waals surface area contributed by atoms with E-state index in [-0.39, 0.29) is 5.97 Å². The Hall–Kier alpha value is -1.91. The van der Waals surface area contributed by atoms with Crippen molar-refractivity contribution in [1.82, 2.24) is 9.97 Å². The summed E-state index contributed by atoms with van der Waals surface area (Å²) < 4.78 is 10.5. The van der Waals surface area contributed by atoms with E-state index >= 15 is 0 Å². The zero-order chi connectivity index (χ0) is 13.1. The fourth-order valence-corrected chi connectivity index (χ4v) is 2.05. The van der Waals surface area contributed by atoms with Gasteiger partial charge in [-0.3, -0.25) is 0 Å². The quantitative estimate of drug-likeness (QED) is 0.760. The average molecular weight is 248 g/mol. The molecule has 0 radical (unpaired) electrons. The number of hydrogen-bond donors (Lipinski definition) is 0. The van der Waals surface area contributed by atoms with Crippen molar-refractivity contribution in [1.29, 1.82) is 0 Å². The van der Waals surface area contributed by atoms with Crippen LogP contribution in [0.25, 0.3) is 5.57 Å². The maximum Gasteiger partial charge on any atom is 0.334 e. The first-order valence-corrected chi connectivity index (χ1v) is 6.02. The molecule has 1 aliphatic carbocycles. The average Bonchev–Trinajstić information content (AvgIpc) is 2.69. The second-order valence-corrected chi connectivity index (χ2v) is 3.93. The number of ether oxygens (including phenoxy) is 2. The molecule has 5 nitrogen and oxygen atoms in total. The molecule has 0 atom stereocenters. The van der Waals surface area contributed by atoms with Gasteiger partial charge in [0.15, 0.2) is 0 Å². The van der Waals surface area contributed by atoms with Crippen molar-refractivity contribution >= 4 is 11.5 Å². The van der Waals surface area contributed by atoms with Gasteiger partial charge in [-0.15, -0.1) is 0 Å².